The molecule has 0 fully saturated rings. The highest BCUT2D eigenvalue weighted by molar-refractivity contribution is 6.32. The fourth-order valence-corrected chi connectivity index (χ4v) is 1.83. The van der Waals surface area contributed by atoms with Gasteiger partial charge in [0.05, 0.1) is 9.95 Å². The molecule has 0 aromatic heterocycles. The van der Waals surface area contributed by atoms with Crippen molar-refractivity contribution >= 4 is 17.3 Å². The van der Waals surface area contributed by atoms with Crippen LogP contribution >= 0.6 is 11.6 Å². The molecule has 0 aliphatic heterocycles. The Hall–Kier alpha value is -2.18. The van der Waals surface area contributed by atoms with Crippen molar-refractivity contribution in [1.29, 1.82) is 0 Å². The first-order valence-electron chi connectivity index (χ1n) is 5.61. The van der Waals surface area contributed by atoms with E-state index in [0.717, 1.165) is 0 Å². The van der Waals surface area contributed by atoms with Crippen LogP contribution in [-0.4, -0.2) is 4.92 Å². The van der Waals surface area contributed by atoms with E-state index in [-0.39, 0.29) is 23.0 Å². The Morgan fingerprint density at radius 1 is 1.25 bits per heavy atom. The number of ether oxygens (including phenoxy) is 1. The largest absolute Gasteiger partial charge is 0.455 e. The quantitative estimate of drug-likeness (QED) is 0.690. The van der Waals surface area contributed by atoms with E-state index in [0.29, 0.717) is 11.3 Å². The molecule has 7 heteroatoms. The lowest BCUT2D eigenvalue weighted by Crippen LogP contribution is -2.00. The molecule has 0 saturated carbocycles. The van der Waals surface area contributed by atoms with Crippen molar-refractivity contribution in [2.24, 2.45) is 5.73 Å². The molecule has 0 aliphatic carbocycles. The highest BCUT2D eigenvalue weighted by Gasteiger charge is 2.12. The summed E-state index contributed by atoms with van der Waals surface area (Å²) < 4.78 is 18.6. The number of hydrogen-bond acceptors (Lipinski definition) is 4. The molecule has 0 atom stereocenters. The second-order valence-electron chi connectivity index (χ2n) is 3.93. The van der Waals surface area contributed by atoms with Crippen molar-refractivity contribution in [3.8, 4) is 11.5 Å². The van der Waals surface area contributed by atoms with Crippen LogP contribution in [0.4, 0.5) is 10.1 Å². The van der Waals surface area contributed by atoms with Gasteiger partial charge >= 0.3 is 0 Å². The van der Waals surface area contributed by atoms with Crippen molar-refractivity contribution < 1.29 is 14.1 Å². The number of halogens is 2. The summed E-state index contributed by atoms with van der Waals surface area (Å²) in [5.41, 5.74) is 5.84. The van der Waals surface area contributed by atoms with Crippen LogP contribution in [0.2, 0.25) is 5.02 Å². The summed E-state index contributed by atoms with van der Waals surface area (Å²) in [6, 6.07) is 7.75. The van der Waals surface area contributed by atoms with E-state index in [9.17, 15) is 14.5 Å². The fraction of sp³-hybridized carbons (Fsp3) is 0.0769. The normalized spacial score (nSPS) is 10.3. The molecule has 20 heavy (non-hydrogen) atoms. The van der Waals surface area contributed by atoms with E-state index in [1.807, 2.05) is 0 Å². The summed E-state index contributed by atoms with van der Waals surface area (Å²) in [7, 11) is 0. The van der Waals surface area contributed by atoms with Gasteiger partial charge in [-0.2, -0.15) is 0 Å². The number of non-ortho nitro benzene ring substituents is 1. The molecule has 5 nitrogen and oxygen atoms in total. The van der Waals surface area contributed by atoms with Gasteiger partial charge in [0.25, 0.3) is 5.69 Å². The first kappa shape index (κ1) is 14.2. The van der Waals surface area contributed by atoms with Crippen molar-refractivity contribution in [3.05, 3.63) is 62.9 Å². The zero-order chi connectivity index (χ0) is 14.7. The maximum absolute atomic E-state index is 13.1. The Morgan fingerprint density at radius 2 is 1.95 bits per heavy atom. The molecule has 0 spiro atoms. The molecule has 2 rings (SSSR count). The molecular weight excluding hydrogens is 287 g/mol. The Balaban J connectivity index is 2.33. The van der Waals surface area contributed by atoms with Gasteiger partial charge < -0.3 is 10.5 Å². The van der Waals surface area contributed by atoms with E-state index in [1.54, 1.807) is 0 Å². The minimum Gasteiger partial charge on any atom is -0.455 e. The van der Waals surface area contributed by atoms with Crippen LogP contribution in [0.5, 0.6) is 11.5 Å². The summed E-state index contributed by atoms with van der Waals surface area (Å²) >= 11 is 5.92. The number of nitrogens with zero attached hydrogens (tertiary/aromatic N) is 1. The van der Waals surface area contributed by atoms with Crippen molar-refractivity contribution in [3.63, 3.8) is 0 Å². The minimum absolute atomic E-state index is 0.0893. The van der Waals surface area contributed by atoms with Gasteiger partial charge in [-0.25, -0.2) is 4.39 Å². The van der Waals surface area contributed by atoms with E-state index in [2.05, 4.69) is 0 Å². The SMILES string of the molecule is NCc1cc(F)ccc1Oc1ccc([N+](=O)[O-])cc1Cl. The average molecular weight is 297 g/mol. The number of benzene rings is 2. The van der Waals surface area contributed by atoms with E-state index >= 15 is 0 Å². The number of rotatable bonds is 4. The summed E-state index contributed by atoms with van der Waals surface area (Å²) in [4.78, 5) is 10.1. The summed E-state index contributed by atoms with van der Waals surface area (Å²) in [6.07, 6.45) is 0. The van der Waals surface area contributed by atoms with Crippen molar-refractivity contribution in [2.75, 3.05) is 0 Å². The highest BCUT2D eigenvalue weighted by atomic mass is 35.5. The van der Waals surface area contributed by atoms with E-state index < -0.39 is 10.7 Å². The molecular formula is C13H10ClFN2O3. The maximum Gasteiger partial charge on any atom is 0.271 e. The monoisotopic (exact) mass is 296 g/mol. The highest BCUT2D eigenvalue weighted by Crippen LogP contribution is 2.33. The molecule has 2 aromatic carbocycles. The zero-order valence-electron chi connectivity index (χ0n) is 10.2. The molecule has 0 heterocycles. The van der Waals surface area contributed by atoms with Gasteiger partial charge in [0.2, 0.25) is 0 Å². The molecule has 0 bridgehead atoms. The molecule has 104 valence electrons. The number of hydrogen-bond donors (Lipinski definition) is 1. The summed E-state index contributed by atoms with van der Waals surface area (Å²) in [5.74, 6) is 0.163. The number of nitro groups is 1. The van der Waals surface area contributed by atoms with Gasteiger partial charge in [0, 0.05) is 24.2 Å². The van der Waals surface area contributed by atoms with Crippen LogP contribution in [0, 0.1) is 15.9 Å². The lowest BCUT2D eigenvalue weighted by molar-refractivity contribution is -0.384. The third-order valence-corrected chi connectivity index (χ3v) is 2.88. The van der Waals surface area contributed by atoms with Crippen LogP contribution in [-0.2, 0) is 6.54 Å². The molecule has 0 aliphatic rings. The van der Waals surface area contributed by atoms with Gasteiger partial charge in [0.1, 0.15) is 17.3 Å². The predicted molar refractivity (Wildman–Crippen MR) is 72.5 cm³/mol. The third kappa shape index (κ3) is 3.04. The average Bonchev–Trinajstić information content (AvgIpc) is 2.42. The van der Waals surface area contributed by atoms with Crippen LogP contribution in [0.15, 0.2) is 36.4 Å². The molecule has 0 amide bonds. The molecule has 0 unspecified atom stereocenters. The molecule has 2 aromatic rings. The lowest BCUT2D eigenvalue weighted by atomic mass is 10.2. The smallest absolute Gasteiger partial charge is 0.271 e. The van der Waals surface area contributed by atoms with Gasteiger partial charge in [-0.1, -0.05) is 11.6 Å². The molecule has 2 N–H and O–H groups in total. The first-order valence-corrected chi connectivity index (χ1v) is 5.99. The van der Waals surface area contributed by atoms with Gasteiger partial charge in [0.15, 0.2) is 0 Å². The first-order chi connectivity index (χ1) is 9.51. The van der Waals surface area contributed by atoms with E-state index in [1.165, 1.54) is 36.4 Å². The van der Waals surface area contributed by atoms with Crippen LogP contribution in [0.1, 0.15) is 5.56 Å². The topological polar surface area (TPSA) is 78.4 Å². The Kier molecular flexibility index (Phi) is 4.16. The Labute approximate surface area is 118 Å². The van der Waals surface area contributed by atoms with Gasteiger partial charge in [-0.15, -0.1) is 0 Å². The van der Waals surface area contributed by atoms with E-state index in [4.69, 9.17) is 22.1 Å². The fourth-order valence-electron chi connectivity index (χ4n) is 1.61. The van der Waals surface area contributed by atoms with Gasteiger partial charge in [-0.05, 0) is 24.3 Å². The van der Waals surface area contributed by atoms with Crippen LogP contribution < -0.4 is 10.5 Å². The second kappa shape index (κ2) is 5.85. The second-order valence-corrected chi connectivity index (χ2v) is 4.34. The summed E-state index contributed by atoms with van der Waals surface area (Å²) in [5, 5.41) is 10.7. The maximum atomic E-state index is 13.1. The standard InChI is InChI=1S/C13H10ClFN2O3/c14-11-6-10(17(18)19)2-4-13(11)20-12-3-1-9(15)5-8(12)7-16/h1-6H,7,16H2. The van der Waals surface area contributed by atoms with Gasteiger partial charge in [-0.3, -0.25) is 10.1 Å². The number of nitro benzene ring substituents is 1. The van der Waals surface area contributed by atoms with Crippen molar-refractivity contribution in [2.45, 2.75) is 6.54 Å². The lowest BCUT2D eigenvalue weighted by Gasteiger charge is -2.11. The summed E-state index contributed by atoms with van der Waals surface area (Å²) in [6.45, 7) is 0.0949. The minimum atomic E-state index is -0.557. The van der Waals surface area contributed by atoms with Crippen molar-refractivity contribution in [1.82, 2.24) is 0 Å². The predicted octanol–water partition coefficient (Wildman–Crippen LogP) is 3.64. The zero-order valence-corrected chi connectivity index (χ0v) is 10.9. The molecule has 0 radical (unpaired) electrons. The Morgan fingerprint density at radius 3 is 2.55 bits per heavy atom. The Bertz CT molecular complexity index is 664. The third-order valence-electron chi connectivity index (χ3n) is 2.59. The van der Waals surface area contributed by atoms with Crippen LogP contribution in [0.25, 0.3) is 0 Å². The number of nitrogens with two attached hydrogens (primary N) is 1. The van der Waals surface area contributed by atoms with Crippen LogP contribution in [0.3, 0.4) is 0 Å². The molecule has 0 saturated heterocycles.